The molecule has 53 valence electrons. The molecular weight excluding hydrogens is 122 g/mol. The molecule has 1 radical (unpaired) electrons. The van der Waals surface area contributed by atoms with E-state index < -0.39 is 0 Å². The quantitative estimate of drug-likeness (QED) is 0.435. The second-order valence-corrected chi connectivity index (χ2v) is 1.58. The first-order valence-electron chi connectivity index (χ1n) is 2.51. The second-order valence-electron chi connectivity index (χ2n) is 1.58. The lowest BCUT2D eigenvalue weighted by Crippen LogP contribution is -2.23. The van der Waals surface area contributed by atoms with Gasteiger partial charge in [-0.05, 0) is 0 Å². The van der Waals surface area contributed by atoms with E-state index >= 15 is 0 Å². The second kappa shape index (κ2) is 4.29. The summed E-state index contributed by atoms with van der Waals surface area (Å²) in [6.45, 7) is 0.240. The summed E-state index contributed by atoms with van der Waals surface area (Å²) >= 11 is 0. The highest BCUT2D eigenvalue weighted by molar-refractivity contribution is 5.74. The molecular formula is C5H10NO3. The van der Waals surface area contributed by atoms with Gasteiger partial charge < -0.3 is 4.74 Å². The maximum atomic E-state index is 10.5. The zero-order valence-corrected chi connectivity index (χ0v) is 5.33. The summed E-state index contributed by atoms with van der Waals surface area (Å²) in [6.07, 6.45) is 0.163. The van der Waals surface area contributed by atoms with E-state index in [1.807, 2.05) is 0 Å². The van der Waals surface area contributed by atoms with Gasteiger partial charge in [0.2, 0.25) is 5.91 Å². The Bertz CT molecular complexity index is 92.2. The number of hydroxylamine groups is 2. The standard InChI is InChI=1S/C5H10NO3/c1-6(8)5(7)3-4-9-2/h8H,2-4H2,1H3. The number of hydrogen-bond donors (Lipinski definition) is 1. The van der Waals surface area contributed by atoms with Crippen molar-refractivity contribution in [2.24, 2.45) is 0 Å². The van der Waals surface area contributed by atoms with Crippen LogP contribution in [0.5, 0.6) is 0 Å². The fourth-order valence-corrected chi connectivity index (χ4v) is 0.321. The topological polar surface area (TPSA) is 49.8 Å². The van der Waals surface area contributed by atoms with Crippen LogP contribution in [-0.4, -0.2) is 29.8 Å². The number of carbonyl (C=O) groups excluding carboxylic acids is 1. The van der Waals surface area contributed by atoms with E-state index in [1.165, 1.54) is 7.05 Å². The van der Waals surface area contributed by atoms with Gasteiger partial charge >= 0.3 is 0 Å². The predicted octanol–water partition coefficient (Wildman–Crippen LogP) is 0.0323. The SMILES string of the molecule is [CH2]OCCC(=O)N(C)O. The van der Waals surface area contributed by atoms with Crippen molar-refractivity contribution in [3.8, 4) is 0 Å². The monoisotopic (exact) mass is 132 g/mol. The molecule has 0 aliphatic rings. The van der Waals surface area contributed by atoms with Crippen LogP contribution in [0.4, 0.5) is 0 Å². The third kappa shape index (κ3) is 3.93. The Morgan fingerprint density at radius 1 is 1.89 bits per heavy atom. The van der Waals surface area contributed by atoms with Crippen molar-refractivity contribution in [3.05, 3.63) is 7.11 Å². The molecule has 0 aliphatic heterocycles. The van der Waals surface area contributed by atoms with Gasteiger partial charge in [0.1, 0.15) is 0 Å². The van der Waals surface area contributed by atoms with Gasteiger partial charge in [0.05, 0.1) is 20.1 Å². The zero-order chi connectivity index (χ0) is 7.28. The molecule has 0 rings (SSSR count). The van der Waals surface area contributed by atoms with Gasteiger partial charge in [0, 0.05) is 7.05 Å². The van der Waals surface area contributed by atoms with E-state index in [1.54, 1.807) is 0 Å². The maximum Gasteiger partial charge on any atom is 0.247 e. The van der Waals surface area contributed by atoms with Gasteiger partial charge in [-0.2, -0.15) is 0 Å². The first kappa shape index (κ1) is 8.39. The summed E-state index contributed by atoms with van der Waals surface area (Å²) in [6, 6.07) is 0. The number of nitrogens with zero attached hydrogens (tertiary/aromatic N) is 1. The van der Waals surface area contributed by atoms with Crippen LogP contribution in [0.3, 0.4) is 0 Å². The Morgan fingerprint density at radius 3 is 2.78 bits per heavy atom. The number of ether oxygens (including phenoxy) is 1. The molecule has 0 spiro atoms. The first-order chi connectivity index (χ1) is 4.18. The van der Waals surface area contributed by atoms with Crippen molar-refractivity contribution < 1.29 is 14.7 Å². The largest absolute Gasteiger partial charge is 0.379 e. The molecule has 1 N–H and O–H groups in total. The van der Waals surface area contributed by atoms with E-state index in [-0.39, 0.29) is 18.9 Å². The first-order valence-corrected chi connectivity index (χ1v) is 2.51. The fourth-order valence-electron chi connectivity index (χ4n) is 0.321. The van der Waals surface area contributed by atoms with Crippen LogP contribution in [0.25, 0.3) is 0 Å². The molecule has 0 unspecified atom stereocenters. The molecule has 0 aliphatic carbocycles. The van der Waals surface area contributed by atoms with Crippen molar-refractivity contribution in [1.82, 2.24) is 5.06 Å². The number of hydrogen-bond acceptors (Lipinski definition) is 3. The van der Waals surface area contributed by atoms with Crippen molar-refractivity contribution in [2.75, 3.05) is 13.7 Å². The lowest BCUT2D eigenvalue weighted by atomic mass is 10.4. The Balaban J connectivity index is 3.28. The van der Waals surface area contributed by atoms with Gasteiger partial charge in [-0.1, -0.05) is 0 Å². The molecule has 0 aromatic rings. The van der Waals surface area contributed by atoms with E-state index in [0.29, 0.717) is 5.06 Å². The third-order valence-corrected chi connectivity index (χ3v) is 0.821. The van der Waals surface area contributed by atoms with Crippen LogP contribution in [-0.2, 0) is 9.53 Å². The molecule has 0 heterocycles. The van der Waals surface area contributed by atoms with Crippen LogP contribution in [0, 0.1) is 7.11 Å². The zero-order valence-electron chi connectivity index (χ0n) is 5.33. The molecule has 1 amide bonds. The lowest BCUT2D eigenvalue weighted by molar-refractivity contribution is -0.160. The number of amides is 1. The summed E-state index contributed by atoms with van der Waals surface area (Å²) in [7, 11) is 4.33. The number of carbonyl (C=O) groups is 1. The number of rotatable bonds is 3. The highest BCUT2D eigenvalue weighted by Crippen LogP contribution is 1.86. The summed E-state index contributed by atoms with van der Waals surface area (Å²) in [5, 5.41) is 8.98. The minimum absolute atomic E-state index is 0.163. The Kier molecular flexibility index (Phi) is 4.00. The average molecular weight is 132 g/mol. The molecule has 0 saturated heterocycles. The fraction of sp³-hybridized carbons (Fsp3) is 0.600. The van der Waals surface area contributed by atoms with Crippen LogP contribution >= 0.6 is 0 Å². The minimum Gasteiger partial charge on any atom is -0.379 e. The maximum absolute atomic E-state index is 10.5. The van der Waals surface area contributed by atoms with Gasteiger partial charge in [-0.15, -0.1) is 0 Å². The molecule has 0 fully saturated rings. The normalized spacial score (nSPS) is 9.22. The van der Waals surface area contributed by atoms with Gasteiger partial charge in [0.25, 0.3) is 0 Å². The van der Waals surface area contributed by atoms with Crippen molar-refractivity contribution >= 4 is 5.91 Å². The minimum atomic E-state index is -0.376. The van der Waals surface area contributed by atoms with Crippen molar-refractivity contribution in [2.45, 2.75) is 6.42 Å². The molecule has 0 atom stereocenters. The Labute approximate surface area is 54.0 Å². The highest BCUT2D eigenvalue weighted by atomic mass is 16.5. The average Bonchev–Trinajstić information content (AvgIpc) is 1.82. The molecule has 0 aromatic heterocycles. The predicted molar refractivity (Wildman–Crippen MR) is 30.5 cm³/mol. The van der Waals surface area contributed by atoms with Crippen molar-refractivity contribution in [1.29, 1.82) is 0 Å². The summed E-state index contributed by atoms with van der Waals surface area (Å²) in [5.41, 5.74) is 0. The van der Waals surface area contributed by atoms with Gasteiger partial charge in [-0.3, -0.25) is 10.0 Å². The summed E-state index contributed by atoms with van der Waals surface area (Å²) in [5.74, 6) is -0.376. The molecule has 0 saturated carbocycles. The molecule has 0 bridgehead atoms. The van der Waals surface area contributed by atoms with Gasteiger partial charge in [-0.25, -0.2) is 5.06 Å². The van der Waals surface area contributed by atoms with Gasteiger partial charge in [0.15, 0.2) is 0 Å². The molecule has 4 heteroatoms. The molecule has 9 heavy (non-hydrogen) atoms. The van der Waals surface area contributed by atoms with Crippen LogP contribution < -0.4 is 0 Å². The smallest absolute Gasteiger partial charge is 0.247 e. The third-order valence-electron chi connectivity index (χ3n) is 0.821. The summed E-state index contributed by atoms with van der Waals surface area (Å²) in [4.78, 5) is 10.5. The van der Waals surface area contributed by atoms with Crippen LogP contribution in [0.1, 0.15) is 6.42 Å². The van der Waals surface area contributed by atoms with E-state index in [0.717, 1.165) is 0 Å². The van der Waals surface area contributed by atoms with E-state index in [9.17, 15) is 4.79 Å². The lowest BCUT2D eigenvalue weighted by Gasteiger charge is -2.06. The van der Waals surface area contributed by atoms with Crippen LogP contribution in [0.15, 0.2) is 0 Å². The molecule has 0 aromatic carbocycles. The van der Waals surface area contributed by atoms with Crippen LogP contribution in [0.2, 0.25) is 0 Å². The molecule has 4 nitrogen and oxygen atoms in total. The Morgan fingerprint density at radius 2 is 2.44 bits per heavy atom. The Hall–Kier alpha value is -0.610. The highest BCUT2D eigenvalue weighted by Gasteiger charge is 2.02. The van der Waals surface area contributed by atoms with Crippen molar-refractivity contribution in [3.63, 3.8) is 0 Å². The summed E-state index contributed by atoms with van der Waals surface area (Å²) < 4.78 is 4.35. The van der Waals surface area contributed by atoms with E-state index in [2.05, 4.69) is 11.8 Å². The van der Waals surface area contributed by atoms with E-state index in [4.69, 9.17) is 5.21 Å².